The van der Waals surface area contributed by atoms with Gasteiger partial charge in [0.25, 0.3) is 5.91 Å². The second-order valence-corrected chi connectivity index (χ2v) is 4.51. The molecule has 4 heteroatoms. The minimum absolute atomic E-state index is 0.0439. The van der Waals surface area contributed by atoms with Crippen molar-refractivity contribution in [1.29, 1.82) is 0 Å². The summed E-state index contributed by atoms with van der Waals surface area (Å²) in [5, 5.41) is 12.1. The number of anilines is 1. The van der Waals surface area contributed by atoms with Crippen LogP contribution >= 0.6 is 0 Å². The maximum absolute atomic E-state index is 12.3. The second-order valence-electron chi connectivity index (χ2n) is 4.51. The topological polar surface area (TPSA) is 52.6 Å². The molecule has 1 aromatic carbocycles. The largest absolute Gasteiger partial charge is 0.396 e. The number of hydrogen-bond acceptors (Lipinski definition) is 3. The molecule has 1 aliphatic rings. The Morgan fingerprint density at radius 3 is 3.06 bits per heavy atom. The molecule has 1 aromatic rings. The summed E-state index contributed by atoms with van der Waals surface area (Å²) in [5.41, 5.74) is 3.09. The van der Waals surface area contributed by atoms with Gasteiger partial charge < -0.3 is 15.3 Å². The van der Waals surface area contributed by atoms with Crippen LogP contribution in [0.1, 0.15) is 29.3 Å². The Balaban J connectivity index is 2.12. The van der Waals surface area contributed by atoms with Gasteiger partial charge in [0.1, 0.15) is 0 Å². The molecule has 0 saturated heterocycles. The van der Waals surface area contributed by atoms with Crippen molar-refractivity contribution < 1.29 is 9.90 Å². The molecule has 2 N–H and O–H groups in total. The van der Waals surface area contributed by atoms with Crippen molar-refractivity contribution in [2.45, 2.75) is 19.8 Å². The van der Waals surface area contributed by atoms with Gasteiger partial charge in [-0.3, -0.25) is 4.79 Å². The van der Waals surface area contributed by atoms with Crippen molar-refractivity contribution in [1.82, 2.24) is 4.90 Å². The molecule has 2 rings (SSSR count). The fraction of sp³-hybridized carbons (Fsp3) is 0.500. The van der Waals surface area contributed by atoms with Crippen LogP contribution in [-0.4, -0.2) is 42.2 Å². The van der Waals surface area contributed by atoms with Gasteiger partial charge in [0.15, 0.2) is 0 Å². The molecule has 4 nitrogen and oxygen atoms in total. The summed E-state index contributed by atoms with van der Waals surface area (Å²) in [6.07, 6.45) is 1.66. The van der Waals surface area contributed by atoms with Crippen LogP contribution in [0, 0.1) is 0 Å². The normalized spacial score (nSPS) is 13.0. The van der Waals surface area contributed by atoms with Gasteiger partial charge >= 0.3 is 0 Å². The predicted octanol–water partition coefficient (Wildman–Crippen LogP) is 1.50. The Bertz CT molecular complexity index is 432. The van der Waals surface area contributed by atoms with E-state index in [0.717, 1.165) is 24.2 Å². The highest BCUT2D eigenvalue weighted by atomic mass is 16.3. The number of hydrogen-bond donors (Lipinski definition) is 2. The van der Waals surface area contributed by atoms with E-state index in [1.807, 2.05) is 25.1 Å². The quantitative estimate of drug-likeness (QED) is 0.830. The lowest BCUT2D eigenvalue weighted by Gasteiger charge is -2.20. The van der Waals surface area contributed by atoms with Gasteiger partial charge in [-0.2, -0.15) is 0 Å². The summed E-state index contributed by atoms with van der Waals surface area (Å²) in [4.78, 5) is 14.1. The highest BCUT2D eigenvalue weighted by Crippen LogP contribution is 2.23. The first kappa shape index (κ1) is 12.9. The molecule has 0 unspecified atom stereocenters. The summed E-state index contributed by atoms with van der Waals surface area (Å²) in [7, 11) is 0. The fourth-order valence-corrected chi connectivity index (χ4v) is 2.27. The lowest BCUT2D eigenvalue weighted by molar-refractivity contribution is 0.0754. The van der Waals surface area contributed by atoms with Crippen LogP contribution in [0.5, 0.6) is 0 Å². The molecular weight excluding hydrogens is 228 g/mol. The van der Waals surface area contributed by atoms with E-state index >= 15 is 0 Å². The molecule has 0 fully saturated rings. The first-order valence-corrected chi connectivity index (χ1v) is 6.53. The van der Waals surface area contributed by atoms with Crippen LogP contribution in [0.2, 0.25) is 0 Å². The first-order valence-electron chi connectivity index (χ1n) is 6.53. The number of aliphatic hydroxyl groups excluding tert-OH is 1. The molecule has 1 heterocycles. The van der Waals surface area contributed by atoms with Gasteiger partial charge in [0, 0.05) is 37.5 Å². The Labute approximate surface area is 108 Å². The zero-order valence-electron chi connectivity index (χ0n) is 10.8. The smallest absolute Gasteiger partial charge is 0.253 e. The Hall–Kier alpha value is -1.55. The van der Waals surface area contributed by atoms with Crippen molar-refractivity contribution >= 4 is 11.6 Å². The minimum atomic E-state index is 0.0439. The molecule has 0 aliphatic carbocycles. The number of fused-ring (bicyclic) bond motifs is 1. The van der Waals surface area contributed by atoms with E-state index in [9.17, 15) is 4.79 Å². The van der Waals surface area contributed by atoms with E-state index in [4.69, 9.17) is 5.11 Å². The molecule has 0 spiro atoms. The number of nitrogens with zero attached hydrogens (tertiary/aromatic N) is 1. The van der Waals surface area contributed by atoms with Crippen molar-refractivity contribution in [2.75, 3.05) is 31.6 Å². The van der Waals surface area contributed by atoms with Crippen LogP contribution in [0.4, 0.5) is 5.69 Å². The van der Waals surface area contributed by atoms with Gasteiger partial charge in [-0.15, -0.1) is 0 Å². The third kappa shape index (κ3) is 2.64. The Morgan fingerprint density at radius 1 is 1.50 bits per heavy atom. The van der Waals surface area contributed by atoms with Crippen molar-refractivity contribution in [3.8, 4) is 0 Å². The fourth-order valence-electron chi connectivity index (χ4n) is 2.27. The summed E-state index contributed by atoms with van der Waals surface area (Å²) < 4.78 is 0. The summed E-state index contributed by atoms with van der Waals surface area (Å²) in [6, 6.07) is 5.87. The summed E-state index contributed by atoms with van der Waals surface area (Å²) >= 11 is 0. The molecule has 98 valence electrons. The lowest BCUT2D eigenvalue weighted by Crippen LogP contribution is -2.32. The van der Waals surface area contributed by atoms with Crippen LogP contribution in [0.25, 0.3) is 0 Å². The number of aliphatic hydroxyl groups is 1. The monoisotopic (exact) mass is 248 g/mol. The number of amides is 1. The molecule has 0 aromatic heterocycles. The Kier molecular flexibility index (Phi) is 4.20. The van der Waals surface area contributed by atoms with E-state index in [1.165, 1.54) is 5.56 Å². The van der Waals surface area contributed by atoms with Crippen molar-refractivity contribution in [3.63, 3.8) is 0 Å². The first-order chi connectivity index (χ1) is 8.76. The van der Waals surface area contributed by atoms with Crippen LogP contribution in [-0.2, 0) is 6.42 Å². The van der Waals surface area contributed by atoms with E-state index in [-0.39, 0.29) is 12.5 Å². The molecule has 0 bridgehead atoms. The summed E-state index contributed by atoms with van der Waals surface area (Å²) in [5.74, 6) is 0.0439. The molecule has 1 aliphatic heterocycles. The number of nitrogens with one attached hydrogen (secondary N) is 1. The second kappa shape index (κ2) is 5.87. The molecular formula is C14H20N2O2. The third-order valence-electron chi connectivity index (χ3n) is 3.32. The standard InChI is InChI=1S/C14H20N2O2/c1-2-16(8-3-9-17)14(18)12-5-4-11-6-7-15-13(11)10-12/h4-5,10,15,17H,2-3,6-9H2,1H3. The minimum Gasteiger partial charge on any atom is -0.396 e. The van der Waals surface area contributed by atoms with E-state index < -0.39 is 0 Å². The number of benzene rings is 1. The number of carbonyl (C=O) groups excluding carboxylic acids is 1. The van der Waals surface area contributed by atoms with Gasteiger partial charge in [0.2, 0.25) is 0 Å². The predicted molar refractivity (Wildman–Crippen MR) is 71.9 cm³/mol. The lowest BCUT2D eigenvalue weighted by atomic mass is 10.1. The van der Waals surface area contributed by atoms with E-state index in [0.29, 0.717) is 19.5 Å². The van der Waals surface area contributed by atoms with Crippen molar-refractivity contribution in [3.05, 3.63) is 29.3 Å². The third-order valence-corrected chi connectivity index (χ3v) is 3.32. The van der Waals surface area contributed by atoms with Gasteiger partial charge in [0.05, 0.1) is 0 Å². The average molecular weight is 248 g/mol. The van der Waals surface area contributed by atoms with Gasteiger partial charge in [-0.25, -0.2) is 0 Å². The average Bonchev–Trinajstić information content (AvgIpc) is 2.86. The van der Waals surface area contributed by atoms with Crippen LogP contribution in [0.3, 0.4) is 0 Å². The zero-order valence-corrected chi connectivity index (χ0v) is 10.8. The maximum Gasteiger partial charge on any atom is 0.253 e. The Morgan fingerprint density at radius 2 is 2.33 bits per heavy atom. The number of rotatable bonds is 5. The van der Waals surface area contributed by atoms with E-state index in [2.05, 4.69) is 5.32 Å². The molecule has 0 atom stereocenters. The van der Waals surface area contributed by atoms with Gasteiger partial charge in [-0.1, -0.05) is 6.07 Å². The molecule has 0 saturated carbocycles. The van der Waals surface area contributed by atoms with E-state index in [1.54, 1.807) is 4.90 Å². The molecule has 1 amide bonds. The SMILES string of the molecule is CCN(CCCO)C(=O)c1ccc2c(c1)NCC2. The van der Waals surface area contributed by atoms with Crippen LogP contribution < -0.4 is 5.32 Å². The van der Waals surface area contributed by atoms with Gasteiger partial charge in [-0.05, 0) is 37.5 Å². The number of carbonyl (C=O) groups is 1. The summed E-state index contributed by atoms with van der Waals surface area (Å²) in [6.45, 7) is 4.31. The highest BCUT2D eigenvalue weighted by Gasteiger charge is 2.17. The maximum atomic E-state index is 12.3. The molecule has 0 radical (unpaired) electrons. The highest BCUT2D eigenvalue weighted by molar-refractivity contribution is 5.95. The zero-order chi connectivity index (χ0) is 13.0. The molecule has 18 heavy (non-hydrogen) atoms. The van der Waals surface area contributed by atoms with Crippen LogP contribution in [0.15, 0.2) is 18.2 Å². The van der Waals surface area contributed by atoms with Crippen molar-refractivity contribution in [2.24, 2.45) is 0 Å².